The van der Waals surface area contributed by atoms with Crippen LogP contribution in [0.2, 0.25) is 0 Å². The van der Waals surface area contributed by atoms with E-state index < -0.39 is 0 Å². The van der Waals surface area contributed by atoms with Crippen LogP contribution in [0.4, 0.5) is 5.69 Å². The first-order valence-electron chi connectivity index (χ1n) is 8.96. The summed E-state index contributed by atoms with van der Waals surface area (Å²) in [6, 6.07) is 13.7. The van der Waals surface area contributed by atoms with E-state index in [0.29, 0.717) is 11.5 Å². The Kier molecular flexibility index (Phi) is 5.00. The van der Waals surface area contributed by atoms with Gasteiger partial charge >= 0.3 is 0 Å². The third-order valence-corrected chi connectivity index (χ3v) is 5.89. The van der Waals surface area contributed by atoms with Crippen molar-refractivity contribution in [1.29, 1.82) is 0 Å². The maximum absolute atomic E-state index is 12.5. The summed E-state index contributed by atoms with van der Waals surface area (Å²) in [5.41, 5.74) is 4.03. The lowest BCUT2D eigenvalue weighted by Crippen LogP contribution is -2.29. The molecule has 0 radical (unpaired) electrons. The van der Waals surface area contributed by atoms with Gasteiger partial charge in [0, 0.05) is 31.9 Å². The molecular formula is C21H22IN3O. The first kappa shape index (κ1) is 17.5. The van der Waals surface area contributed by atoms with Crippen LogP contribution in [0.15, 0.2) is 48.7 Å². The number of aromatic nitrogens is 1. The van der Waals surface area contributed by atoms with Gasteiger partial charge in [0.2, 0.25) is 0 Å². The molecule has 4 rings (SSSR count). The number of aromatic amines is 1. The monoisotopic (exact) mass is 459 g/mol. The van der Waals surface area contributed by atoms with E-state index in [1.165, 1.54) is 23.8 Å². The first-order valence-corrected chi connectivity index (χ1v) is 10.0. The molecule has 0 aliphatic carbocycles. The largest absolute Gasteiger partial charge is 0.361 e. The number of likely N-dealkylation sites (tertiary alicyclic amines) is 1. The van der Waals surface area contributed by atoms with Crippen molar-refractivity contribution in [2.24, 2.45) is 0 Å². The van der Waals surface area contributed by atoms with Crippen molar-refractivity contribution in [3.63, 3.8) is 0 Å². The molecule has 134 valence electrons. The maximum atomic E-state index is 12.5. The van der Waals surface area contributed by atoms with Gasteiger partial charge in [0.25, 0.3) is 5.91 Å². The number of amides is 1. The van der Waals surface area contributed by atoms with Crippen molar-refractivity contribution in [3.8, 4) is 0 Å². The Balaban J connectivity index is 1.59. The SMILES string of the molecule is CN1CCC(c2c[nH]c3ccc(NC(=O)c4cccc(I)c4)cc23)CC1. The van der Waals surface area contributed by atoms with Gasteiger partial charge in [0.05, 0.1) is 0 Å². The zero-order valence-corrected chi connectivity index (χ0v) is 16.9. The highest BCUT2D eigenvalue weighted by Gasteiger charge is 2.21. The van der Waals surface area contributed by atoms with Crippen LogP contribution < -0.4 is 5.32 Å². The van der Waals surface area contributed by atoms with Crippen LogP contribution in [0.25, 0.3) is 10.9 Å². The van der Waals surface area contributed by atoms with E-state index in [1.54, 1.807) is 0 Å². The predicted octanol–water partition coefficient (Wildman–Crippen LogP) is 4.83. The summed E-state index contributed by atoms with van der Waals surface area (Å²) in [4.78, 5) is 18.3. The number of fused-ring (bicyclic) bond motifs is 1. The van der Waals surface area contributed by atoms with Crippen LogP contribution in [0.3, 0.4) is 0 Å². The minimum atomic E-state index is -0.0701. The predicted molar refractivity (Wildman–Crippen MR) is 115 cm³/mol. The lowest BCUT2D eigenvalue weighted by atomic mass is 9.89. The molecule has 1 aliphatic rings. The van der Waals surface area contributed by atoms with Gasteiger partial charge in [-0.3, -0.25) is 4.79 Å². The zero-order chi connectivity index (χ0) is 18.1. The van der Waals surface area contributed by atoms with Gasteiger partial charge in [-0.15, -0.1) is 0 Å². The Morgan fingerprint density at radius 3 is 2.77 bits per heavy atom. The third kappa shape index (κ3) is 3.64. The van der Waals surface area contributed by atoms with Crippen molar-refractivity contribution in [1.82, 2.24) is 9.88 Å². The fourth-order valence-electron chi connectivity index (χ4n) is 3.71. The summed E-state index contributed by atoms with van der Waals surface area (Å²) in [5, 5.41) is 4.26. The van der Waals surface area contributed by atoms with Gasteiger partial charge in [0.15, 0.2) is 0 Å². The standard InChI is InChI=1S/C21H22IN3O/c1-25-9-7-14(8-10-25)19-13-23-20-6-5-17(12-18(19)20)24-21(26)15-3-2-4-16(22)11-15/h2-6,11-14,23H,7-10H2,1H3,(H,24,26). The van der Waals surface area contributed by atoms with Gasteiger partial charge in [-0.05, 0) is 103 Å². The molecule has 0 bridgehead atoms. The molecule has 1 aromatic heterocycles. The fourth-order valence-corrected chi connectivity index (χ4v) is 4.25. The minimum Gasteiger partial charge on any atom is -0.361 e. The van der Waals surface area contributed by atoms with Crippen LogP contribution in [-0.4, -0.2) is 35.9 Å². The van der Waals surface area contributed by atoms with Crippen molar-refractivity contribution in [3.05, 3.63) is 63.4 Å². The average molecular weight is 459 g/mol. The molecule has 0 atom stereocenters. The average Bonchev–Trinajstić information content (AvgIpc) is 3.05. The summed E-state index contributed by atoms with van der Waals surface area (Å²) in [7, 11) is 2.18. The molecule has 0 spiro atoms. The topological polar surface area (TPSA) is 48.1 Å². The fraction of sp³-hybridized carbons (Fsp3) is 0.286. The van der Waals surface area contributed by atoms with Crippen LogP contribution in [0, 0.1) is 3.57 Å². The van der Waals surface area contributed by atoms with Crippen molar-refractivity contribution in [2.45, 2.75) is 18.8 Å². The number of halogens is 1. The number of carbonyl (C=O) groups excluding carboxylic acids is 1. The summed E-state index contributed by atoms with van der Waals surface area (Å²) < 4.78 is 1.06. The third-order valence-electron chi connectivity index (χ3n) is 5.22. The quantitative estimate of drug-likeness (QED) is 0.552. The Morgan fingerprint density at radius 2 is 2.00 bits per heavy atom. The van der Waals surface area contributed by atoms with E-state index in [1.807, 2.05) is 30.3 Å². The lowest BCUT2D eigenvalue weighted by Gasteiger charge is -2.28. The Labute approximate surface area is 167 Å². The molecule has 1 amide bonds. The Hall–Kier alpha value is -1.86. The van der Waals surface area contributed by atoms with Crippen molar-refractivity contribution >= 4 is 45.1 Å². The zero-order valence-electron chi connectivity index (χ0n) is 14.8. The number of benzene rings is 2. The highest BCUT2D eigenvalue weighted by Crippen LogP contribution is 2.34. The summed E-state index contributed by atoms with van der Waals surface area (Å²) >= 11 is 2.22. The number of anilines is 1. The molecule has 3 aromatic rings. The number of hydrogen-bond donors (Lipinski definition) is 2. The number of hydrogen-bond acceptors (Lipinski definition) is 2. The molecule has 26 heavy (non-hydrogen) atoms. The lowest BCUT2D eigenvalue weighted by molar-refractivity contribution is 0.102. The van der Waals surface area contributed by atoms with E-state index in [0.717, 1.165) is 27.9 Å². The highest BCUT2D eigenvalue weighted by molar-refractivity contribution is 14.1. The van der Waals surface area contributed by atoms with Crippen LogP contribution in [0.1, 0.15) is 34.7 Å². The minimum absolute atomic E-state index is 0.0701. The van der Waals surface area contributed by atoms with Crippen LogP contribution in [0.5, 0.6) is 0 Å². The molecule has 4 nitrogen and oxygen atoms in total. The van der Waals surface area contributed by atoms with Crippen LogP contribution in [-0.2, 0) is 0 Å². The normalized spacial score (nSPS) is 16.1. The molecule has 0 unspecified atom stereocenters. The molecule has 0 saturated carbocycles. The molecule has 1 fully saturated rings. The second kappa shape index (κ2) is 7.40. The van der Waals surface area contributed by atoms with Crippen molar-refractivity contribution in [2.75, 3.05) is 25.5 Å². The molecule has 5 heteroatoms. The molecule has 1 aliphatic heterocycles. The molecule has 2 N–H and O–H groups in total. The van der Waals surface area contributed by atoms with Gasteiger partial charge < -0.3 is 15.2 Å². The van der Waals surface area contributed by atoms with Gasteiger partial charge in [-0.25, -0.2) is 0 Å². The number of H-pyrrole nitrogens is 1. The van der Waals surface area contributed by atoms with Crippen LogP contribution >= 0.6 is 22.6 Å². The van der Waals surface area contributed by atoms with Gasteiger partial charge in [0.1, 0.15) is 0 Å². The second-order valence-corrected chi connectivity index (χ2v) is 8.29. The smallest absolute Gasteiger partial charge is 0.255 e. The second-order valence-electron chi connectivity index (χ2n) is 7.05. The maximum Gasteiger partial charge on any atom is 0.255 e. The van der Waals surface area contributed by atoms with Gasteiger partial charge in [-0.1, -0.05) is 6.07 Å². The van der Waals surface area contributed by atoms with Gasteiger partial charge in [-0.2, -0.15) is 0 Å². The van der Waals surface area contributed by atoms with E-state index in [4.69, 9.17) is 0 Å². The number of piperidine rings is 1. The molecule has 2 aromatic carbocycles. The highest BCUT2D eigenvalue weighted by atomic mass is 127. The Morgan fingerprint density at radius 1 is 1.19 bits per heavy atom. The number of rotatable bonds is 3. The summed E-state index contributed by atoms with van der Waals surface area (Å²) in [6.45, 7) is 2.28. The summed E-state index contributed by atoms with van der Waals surface area (Å²) in [6.07, 6.45) is 4.51. The Bertz CT molecular complexity index is 941. The first-order chi connectivity index (χ1) is 12.6. The van der Waals surface area contributed by atoms with E-state index in [2.05, 4.69) is 63.2 Å². The number of nitrogens with zero attached hydrogens (tertiary/aromatic N) is 1. The molecule has 1 saturated heterocycles. The molecule has 2 heterocycles. The molecular weight excluding hydrogens is 437 g/mol. The summed E-state index contributed by atoms with van der Waals surface area (Å²) in [5.74, 6) is 0.515. The van der Waals surface area contributed by atoms with E-state index >= 15 is 0 Å². The van der Waals surface area contributed by atoms with Crippen molar-refractivity contribution < 1.29 is 4.79 Å². The number of nitrogens with one attached hydrogen (secondary N) is 2. The van der Waals surface area contributed by atoms with E-state index in [-0.39, 0.29) is 5.91 Å². The number of carbonyl (C=O) groups is 1. The van der Waals surface area contributed by atoms with E-state index in [9.17, 15) is 4.79 Å².